The van der Waals surface area contributed by atoms with Crippen molar-refractivity contribution in [1.29, 1.82) is 0 Å². The summed E-state index contributed by atoms with van der Waals surface area (Å²) in [6.07, 6.45) is 0.892. The Bertz CT molecular complexity index is 967. The topological polar surface area (TPSA) is 36.4 Å². The number of carbonyl (C=O) groups excluding carboxylic acids is 1. The number of thiazole rings is 1. The summed E-state index contributed by atoms with van der Waals surface area (Å²) in [5.41, 5.74) is 3.75. The molecule has 0 saturated heterocycles. The highest BCUT2D eigenvalue weighted by Gasteiger charge is 2.22. The third-order valence-corrected chi connectivity index (χ3v) is 5.96. The summed E-state index contributed by atoms with van der Waals surface area (Å²) in [5, 5.41) is 0.757. The molecule has 0 aliphatic rings. The third kappa shape index (κ3) is 4.75. The van der Waals surface area contributed by atoms with E-state index in [0.717, 1.165) is 49.5 Å². The van der Waals surface area contributed by atoms with Crippen molar-refractivity contribution in [3.05, 3.63) is 57.6 Å². The highest BCUT2D eigenvalue weighted by molar-refractivity contribution is 9.10. The molecule has 0 N–H and O–H groups in total. The first-order chi connectivity index (χ1) is 12.8. The van der Waals surface area contributed by atoms with E-state index in [0.29, 0.717) is 6.54 Å². The number of aryl methyl sites for hydroxylation is 2. The minimum atomic E-state index is 0.0214. The van der Waals surface area contributed by atoms with E-state index in [9.17, 15) is 4.79 Å². The van der Waals surface area contributed by atoms with Crippen molar-refractivity contribution in [2.24, 2.45) is 0 Å². The number of anilines is 1. The zero-order valence-electron chi connectivity index (χ0n) is 16.1. The van der Waals surface area contributed by atoms with Crippen molar-refractivity contribution < 1.29 is 4.79 Å². The van der Waals surface area contributed by atoms with Crippen LogP contribution in [-0.4, -0.2) is 43.0 Å². The van der Waals surface area contributed by atoms with Crippen LogP contribution < -0.4 is 4.90 Å². The number of hydrogen-bond donors (Lipinski definition) is 0. The third-order valence-electron chi connectivity index (χ3n) is 4.43. The van der Waals surface area contributed by atoms with Gasteiger partial charge in [-0.25, -0.2) is 4.98 Å². The van der Waals surface area contributed by atoms with E-state index in [1.54, 1.807) is 11.3 Å². The number of amides is 1. The lowest BCUT2D eigenvalue weighted by molar-refractivity contribution is 0.0985. The Hall–Kier alpha value is -1.76. The van der Waals surface area contributed by atoms with Crippen LogP contribution in [0.1, 0.15) is 27.9 Å². The number of benzene rings is 2. The quantitative estimate of drug-likeness (QED) is 0.517. The summed E-state index contributed by atoms with van der Waals surface area (Å²) >= 11 is 5.07. The molecule has 27 heavy (non-hydrogen) atoms. The Morgan fingerprint density at radius 2 is 1.89 bits per heavy atom. The van der Waals surface area contributed by atoms with Gasteiger partial charge in [0.25, 0.3) is 5.91 Å². The van der Waals surface area contributed by atoms with Gasteiger partial charge in [0, 0.05) is 16.6 Å². The highest BCUT2D eigenvalue weighted by Crippen LogP contribution is 2.32. The van der Waals surface area contributed by atoms with Crippen molar-refractivity contribution in [3.63, 3.8) is 0 Å². The summed E-state index contributed by atoms with van der Waals surface area (Å²) in [7, 11) is 4.10. The molecular weight excluding hydrogens is 422 g/mol. The van der Waals surface area contributed by atoms with Gasteiger partial charge in [0.2, 0.25) is 0 Å². The molecule has 1 heterocycles. The van der Waals surface area contributed by atoms with Crippen molar-refractivity contribution in [2.45, 2.75) is 20.3 Å². The standard InChI is InChI=1S/C21H24BrN3OS/c1-14-6-7-15(2)17(12-14)20(26)25(11-5-10-24(3)4)21-23-18-9-8-16(22)13-19(18)27-21/h6-9,12-13H,5,10-11H2,1-4H3. The fourth-order valence-corrected chi connectivity index (χ4v) is 4.48. The van der Waals surface area contributed by atoms with Crippen LogP contribution in [0.4, 0.5) is 5.13 Å². The van der Waals surface area contributed by atoms with Crippen molar-refractivity contribution in [3.8, 4) is 0 Å². The molecule has 142 valence electrons. The number of fused-ring (bicyclic) bond motifs is 1. The molecule has 0 atom stereocenters. The van der Waals surface area contributed by atoms with Crippen LogP contribution >= 0.6 is 27.3 Å². The first-order valence-corrected chi connectivity index (χ1v) is 10.6. The fraction of sp³-hybridized carbons (Fsp3) is 0.333. The number of carbonyl (C=O) groups is 1. The number of nitrogens with zero attached hydrogens (tertiary/aromatic N) is 3. The average Bonchev–Trinajstić information content (AvgIpc) is 3.02. The zero-order valence-corrected chi connectivity index (χ0v) is 18.5. The fourth-order valence-electron chi connectivity index (χ4n) is 2.94. The first kappa shape index (κ1) is 20.0. The molecule has 2 aromatic carbocycles. The summed E-state index contributed by atoms with van der Waals surface area (Å²) in [6.45, 7) is 5.57. The van der Waals surface area contributed by atoms with Gasteiger partial charge < -0.3 is 4.90 Å². The predicted molar refractivity (Wildman–Crippen MR) is 118 cm³/mol. The van der Waals surface area contributed by atoms with Crippen LogP contribution in [-0.2, 0) is 0 Å². The van der Waals surface area contributed by atoms with E-state index in [-0.39, 0.29) is 5.91 Å². The molecule has 0 fully saturated rings. The van der Waals surface area contributed by atoms with E-state index in [4.69, 9.17) is 4.98 Å². The summed E-state index contributed by atoms with van der Waals surface area (Å²) in [6, 6.07) is 12.0. The molecule has 0 radical (unpaired) electrons. The minimum Gasteiger partial charge on any atom is -0.309 e. The molecular formula is C21H24BrN3OS. The van der Waals surface area contributed by atoms with E-state index < -0.39 is 0 Å². The molecule has 0 saturated carbocycles. The maximum atomic E-state index is 13.4. The number of aromatic nitrogens is 1. The van der Waals surface area contributed by atoms with Gasteiger partial charge in [0.05, 0.1) is 10.2 Å². The Balaban J connectivity index is 1.98. The van der Waals surface area contributed by atoms with Crippen LogP contribution in [0.25, 0.3) is 10.2 Å². The normalized spacial score (nSPS) is 11.3. The van der Waals surface area contributed by atoms with Crippen LogP contribution in [0.3, 0.4) is 0 Å². The van der Waals surface area contributed by atoms with Gasteiger partial charge in [0.1, 0.15) is 0 Å². The van der Waals surface area contributed by atoms with Crippen molar-refractivity contribution >= 4 is 48.5 Å². The monoisotopic (exact) mass is 445 g/mol. The van der Waals surface area contributed by atoms with Gasteiger partial charge in [-0.3, -0.25) is 9.69 Å². The minimum absolute atomic E-state index is 0.0214. The number of halogens is 1. The molecule has 3 aromatic rings. The molecule has 6 heteroatoms. The predicted octanol–water partition coefficient (Wildman–Crippen LogP) is 5.27. The van der Waals surface area contributed by atoms with Gasteiger partial charge in [-0.2, -0.15) is 0 Å². The second kappa shape index (κ2) is 8.50. The van der Waals surface area contributed by atoms with Crippen LogP contribution in [0.2, 0.25) is 0 Å². The van der Waals surface area contributed by atoms with Crippen LogP contribution in [0.15, 0.2) is 40.9 Å². The molecule has 0 spiro atoms. The Morgan fingerprint density at radius 1 is 1.11 bits per heavy atom. The zero-order chi connectivity index (χ0) is 19.6. The second-order valence-corrected chi connectivity index (χ2v) is 8.97. The van der Waals surface area contributed by atoms with Crippen molar-refractivity contribution in [2.75, 3.05) is 32.1 Å². The van der Waals surface area contributed by atoms with E-state index in [1.165, 1.54) is 0 Å². The van der Waals surface area contributed by atoms with Crippen LogP contribution in [0, 0.1) is 13.8 Å². The number of rotatable bonds is 6. The molecule has 0 unspecified atom stereocenters. The van der Waals surface area contributed by atoms with Gasteiger partial charge in [0.15, 0.2) is 5.13 Å². The maximum Gasteiger partial charge on any atom is 0.260 e. The first-order valence-electron chi connectivity index (χ1n) is 8.95. The van der Waals surface area contributed by atoms with E-state index in [2.05, 4.69) is 26.9 Å². The molecule has 0 bridgehead atoms. The molecule has 3 rings (SSSR count). The number of hydrogen-bond acceptors (Lipinski definition) is 4. The van der Waals surface area contributed by atoms with Crippen LogP contribution in [0.5, 0.6) is 0 Å². The second-order valence-electron chi connectivity index (χ2n) is 7.04. The van der Waals surface area contributed by atoms with Gasteiger partial charge in [-0.05, 0) is 70.7 Å². The van der Waals surface area contributed by atoms with Crippen molar-refractivity contribution in [1.82, 2.24) is 9.88 Å². The van der Waals surface area contributed by atoms with Gasteiger partial charge >= 0.3 is 0 Å². The molecule has 1 aromatic heterocycles. The summed E-state index contributed by atoms with van der Waals surface area (Å²) in [5.74, 6) is 0.0214. The average molecular weight is 446 g/mol. The summed E-state index contributed by atoms with van der Waals surface area (Å²) < 4.78 is 2.09. The van der Waals surface area contributed by atoms with E-state index in [1.807, 2.05) is 63.2 Å². The lowest BCUT2D eigenvalue weighted by Crippen LogP contribution is -2.34. The Labute approximate surface area is 172 Å². The smallest absolute Gasteiger partial charge is 0.260 e. The molecule has 0 aliphatic heterocycles. The Morgan fingerprint density at radius 3 is 2.63 bits per heavy atom. The largest absolute Gasteiger partial charge is 0.309 e. The maximum absolute atomic E-state index is 13.4. The SMILES string of the molecule is Cc1ccc(C)c(C(=O)N(CCCN(C)C)c2nc3ccc(Br)cc3s2)c1. The molecule has 1 amide bonds. The summed E-state index contributed by atoms with van der Waals surface area (Å²) in [4.78, 5) is 22.1. The van der Waals surface area contributed by atoms with E-state index >= 15 is 0 Å². The van der Waals surface area contributed by atoms with Gasteiger partial charge in [-0.1, -0.05) is 45.0 Å². The molecule has 0 aliphatic carbocycles. The lowest BCUT2D eigenvalue weighted by Gasteiger charge is -2.22. The highest BCUT2D eigenvalue weighted by atomic mass is 79.9. The lowest BCUT2D eigenvalue weighted by atomic mass is 10.0. The molecule has 4 nitrogen and oxygen atoms in total. The Kier molecular flexibility index (Phi) is 6.29. The van der Waals surface area contributed by atoms with Gasteiger partial charge in [-0.15, -0.1) is 0 Å².